The van der Waals surface area contributed by atoms with Crippen LogP contribution in [-0.4, -0.2) is 60.4 Å². The maximum atomic E-state index is 6.17. The van der Waals surface area contributed by atoms with Gasteiger partial charge in [0.15, 0.2) is 0 Å². The van der Waals surface area contributed by atoms with Gasteiger partial charge >= 0.3 is 0 Å². The summed E-state index contributed by atoms with van der Waals surface area (Å²) in [5.41, 5.74) is 5.74. The molecule has 39 heavy (non-hydrogen) atoms. The van der Waals surface area contributed by atoms with Crippen LogP contribution in [0, 0.1) is 0 Å². The van der Waals surface area contributed by atoms with Crippen LogP contribution < -0.4 is 0 Å². The molecule has 4 unspecified atom stereocenters. The lowest BCUT2D eigenvalue weighted by molar-refractivity contribution is -0.0942. The molecule has 2 aromatic carbocycles. The zero-order chi connectivity index (χ0) is 28.4. The highest BCUT2D eigenvalue weighted by atomic mass is 16.5. The molecule has 0 bridgehead atoms. The van der Waals surface area contributed by atoms with E-state index >= 15 is 0 Å². The summed E-state index contributed by atoms with van der Waals surface area (Å²) in [7, 11) is 0. The molecule has 0 aliphatic carbocycles. The molecule has 0 N–H and O–H groups in total. The van der Waals surface area contributed by atoms with Gasteiger partial charge in [-0.15, -0.1) is 0 Å². The van der Waals surface area contributed by atoms with Gasteiger partial charge in [-0.2, -0.15) is 0 Å². The molecule has 2 aliphatic heterocycles. The van der Waals surface area contributed by atoms with Gasteiger partial charge in [0.05, 0.1) is 38.0 Å². The first-order valence-corrected chi connectivity index (χ1v) is 15.4. The quantitative estimate of drug-likeness (QED) is 0.327. The SMILES string of the molecule is CC(C)c1ccccc1C1COCC(C)N1C(C)(C)CCC(C)c1ccccc1C1(C)COCCN1C(C)C. The van der Waals surface area contributed by atoms with Crippen LogP contribution in [0.3, 0.4) is 0 Å². The molecule has 4 heteroatoms. The van der Waals surface area contributed by atoms with E-state index in [-0.39, 0.29) is 17.1 Å². The second-order valence-electron chi connectivity index (χ2n) is 13.5. The average molecular weight is 535 g/mol. The van der Waals surface area contributed by atoms with Crippen molar-refractivity contribution in [3.8, 4) is 0 Å². The molecule has 2 aromatic rings. The molecule has 2 fully saturated rings. The molecule has 0 saturated carbocycles. The highest BCUT2D eigenvalue weighted by Crippen LogP contribution is 2.42. The van der Waals surface area contributed by atoms with Crippen molar-refractivity contribution >= 4 is 0 Å². The van der Waals surface area contributed by atoms with Gasteiger partial charge in [-0.3, -0.25) is 9.80 Å². The minimum absolute atomic E-state index is 0.0446. The van der Waals surface area contributed by atoms with Crippen molar-refractivity contribution in [2.75, 3.05) is 33.0 Å². The first-order valence-electron chi connectivity index (χ1n) is 15.4. The van der Waals surface area contributed by atoms with Crippen LogP contribution in [-0.2, 0) is 15.0 Å². The number of morpholine rings is 2. The molecule has 4 atom stereocenters. The molecular weight excluding hydrogens is 480 g/mol. The van der Waals surface area contributed by atoms with Gasteiger partial charge in [-0.25, -0.2) is 0 Å². The van der Waals surface area contributed by atoms with Crippen molar-refractivity contribution in [1.82, 2.24) is 9.80 Å². The third kappa shape index (κ3) is 6.30. The summed E-state index contributed by atoms with van der Waals surface area (Å²) in [5, 5.41) is 0. The van der Waals surface area contributed by atoms with Crippen LogP contribution in [0.2, 0.25) is 0 Å². The number of nitrogens with zero attached hydrogens (tertiary/aromatic N) is 2. The second-order valence-corrected chi connectivity index (χ2v) is 13.5. The maximum Gasteiger partial charge on any atom is 0.0690 e. The van der Waals surface area contributed by atoms with E-state index in [1.165, 1.54) is 22.3 Å². The number of ether oxygens (including phenoxy) is 2. The zero-order valence-corrected chi connectivity index (χ0v) is 26.2. The first-order chi connectivity index (χ1) is 18.5. The summed E-state index contributed by atoms with van der Waals surface area (Å²) in [6, 6.07) is 19.3. The molecule has 2 heterocycles. The lowest BCUT2D eigenvalue weighted by atomic mass is 9.79. The van der Waals surface area contributed by atoms with E-state index in [1.54, 1.807) is 0 Å². The summed E-state index contributed by atoms with van der Waals surface area (Å²) in [6.45, 7) is 25.4. The molecule has 0 spiro atoms. The predicted molar refractivity (Wildman–Crippen MR) is 164 cm³/mol. The van der Waals surface area contributed by atoms with Crippen LogP contribution in [0.4, 0.5) is 0 Å². The molecule has 2 aliphatic rings. The van der Waals surface area contributed by atoms with Crippen molar-refractivity contribution in [2.24, 2.45) is 0 Å². The zero-order valence-electron chi connectivity index (χ0n) is 26.2. The Hall–Kier alpha value is -1.72. The number of hydrogen-bond donors (Lipinski definition) is 0. The van der Waals surface area contributed by atoms with Crippen molar-refractivity contribution in [3.63, 3.8) is 0 Å². The van der Waals surface area contributed by atoms with Gasteiger partial charge < -0.3 is 9.47 Å². The van der Waals surface area contributed by atoms with Crippen LogP contribution in [0.1, 0.15) is 115 Å². The summed E-state index contributed by atoms with van der Waals surface area (Å²) in [4.78, 5) is 5.41. The highest BCUT2D eigenvalue weighted by molar-refractivity contribution is 5.37. The predicted octanol–water partition coefficient (Wildman–Crippen LogP) is 7.89. The average Bonchev–Trinajstić information content (AvgIpc) is 2.91. The molecular formula is C35H54N2O2. The van der Waals surface area contributed by atoms with Crippen molar-refractivity contribution < 1.29 is 9.47 Å². The van der Waals surface area contributed by atoms with Gasteiger partial charge in [0.25, 0.3) is 0 Å². The number of benzene rings is 2. The van der Waals surface area contributed by atoms with Crippen molar-refractivity contribution in [2.45, 2.75) is 116 Å². The van der Waals surface area contributed by atoms with Crippen LogP contribution in [0.25, 0.3) is 0 Å². The Balaban J connectivity index is 1.58. The fourth-order valence-corrected chi connectivity index (χ4v) is 7.51. The monoisotopic (exact) mass is 534 g/mol. The van der Waals surface area contributed by atoms with E-state index in [1.807, 2.05) is 0 Å². The first kappa shape index (κ1) is 30.2. The minimum atomic E-state index is -0.100. The van der Waals surface area contributed by atoms with Crippen LogP contribution in [0.5, 0.6) is 0 Å². The van der Waals surface area contributed by atoms with Gasteiger partial charge in [-0.1, -0.05) is 69.3 Å². The standard InChI is InChI=1S/C35H54N2O2/c1-25(2)29-14-10-11-16-31(29)33-23-39-22-28(6)37(33)34(7,8)19-18-27(5)30-15-12-13-17-32(30)35(9)24-38-21-20-36(35)26(3)4/h10-17,25-28,33H,18-24H2,1-9H3. The van der Waals surface area contributed by atoms with E-state index in [0.29, 0.717) is 23.9 Å². The Morgan fingerprint density at radius 1 is 0.923 bits per heavy atom. The number of hydrogen-bond acceptors (Lipinski definition) is 4. The molecule has 0 aromatic heterocycles. The topological polar surface area (TPSA) is 24.9 Å². The van der Waals surface area contributed by atoms with E-state index in [0.717, 1.165) is 45.8 Å². The fourth-order valence-electron chi connectivity index (χ4n) is 7.51. The minimum Gasteiger partial charge on any atom is -0.378 e. The van der Waals surface area contributed by atoms with Crippen LogP contribution in [0.15, 0.2) is 48.5 Å². The Bertz CT molecular complexity index is 1080. The van der Waals surface area contributed by atoms with Gasteiger partial charge in [0.1, 0.15) is 0 Å². The highest BCUT2D eigenvalue weighted by Gasteiger charge is 2.42. The van der Waals surface area contributed by atoms with E-state index < -0.39 is 0 Å². The van der Waals surface area contributed by atoms with Gasteiger partial charge in [0.2, 0.25) is 0 Å². The molecule has 2 saturated heterocycles. The molecule has 0 amide bonds. The Morgan fingerprint density at radius 2 is 1.59 bits per heavy atom. The van der Waals surface area contributed by atoms with E-state index in [2.05, 4.69) is 121 Å². The summed E-state index contributed by atoms with van der Waals surface area (Å²) < 4.78 is 12.2. The Morgan fingerprint density at radius 3 is 2.28 bits per heavy atom. The summed E-state index contributed by atoms with van der Waals surface area (Å²) in [5.74, 6) is 0.960. The van der Waals surface area contributed by atoms with E-state index in [4.69, 9.17) is 9.47 Å². The van der Waals surface area contributed by atoms with Crippen LogP contribution >= 0.6 is 0 Å². The molecule has 0 radical (unpaired) electrons. The maximum absolute atomic E-state index is 6.17. The molecule has 216 valence electrons. The smallest absolute Gasteiger partial charge is 0.0690 e. The third-order valence-electron chi connectivity index (χ3n) is 9.50. The van der Waals surface area contributed by atoms with Crippen molar-refractivity contribution in [3.05, 3.63) is 70.8 Å². The molecule has 4 rings (SSSR count). The second kappa shape index (κ2) is 12.4. The largest absolute Gasteiger partial charge is 0.378 e. The lowest BCUT2D eigenvalue weighted by Gasteiger charge is -2.51. The summed E-state index contributed by atoms with van der Waals surface area (Å²) >= 11 is 0. The van der Waals surface area contributed by atoms with Gasteiger partial charge in [-0.05, 0) is 88.5 Å². The normalized spacial score (nSPS) is 26.3. The third-order valence-corrected chi connectivity index (χ3v) is 9.50. The molecule has 4 nitrogen and oxygen atoms in total. The Kier molecular flexibility index (Phi) is 9.64. The van der Waals surface area contributed by atoms with Gasteiger partial charge in [0, 0.05) is 24.2 Å². The van der Waals surface area contributed by atoms with Crippen molar-refractivity contribution in [1.29, 1.82) is 0 Å². The number of rotatable bonds is 9. The fraction of sp³-hybridized carbons (Fsp3) is 0.657. The lowest BCUT2D eigenvalue weighted by Crippen LogP contribution is -2.56. The van der Waals surface area contributed by atoms with E-state index in [9.17, 15) is 0 Å². The summed E-state index contributed by atoms with van der Waals surface area (Å²) in [6.07, 6.45) is 2.28. The Labute approximate surface area is 239 Å².